The first-order valence-corrected chi connectivity index (χ1v) is 6.66. The van der Waals surface area contributed by atoms with E-state index >= 15 is 0 Å². The highest BCUT2D eigenvalue weighted by Gasteiger charge is 2.27. The number of primary amides is 1. The number of aliphatic hydroxyl groups excluding tert-OH is 1. The predicted molar refractivity (Wildman–Crippen MR) is 72.4 cm³/mol. The lowest BCUT2D eigenvalue weighted by Crippen LogP contribution is -2.16. The van der Waals surface area contributed by atoms with Gasteiger partial charge in [0.1, 0.15) is 5.69 Å². The molecule has 1 fully saturated rings. The van der Waals surface area contributed by atoms with E-state index in [0.717, 1.165) is 24.2 Å². The Labute approximate surface area is 116 Å². The van der Waals surface area contributed by atoms with E-state index in [4.69, 9.17) is 5.73 Å². The van der Waals surface area contributed by atoms with Crippen molar-refractivity contribution in [3.8, 4) is 5.69 Å². The average molecular weight is 272 g/mol. The van der Waals surface area contributed by atoms with Gasteiger partial charge in [0.2, 0.25) is 5.91 Å². The fraction of sp³-hybridized carbons (Fsp3) is 0.357. The van der Waals surface area contributed by atoms with Gasteiger partial charge in [-0.3, -0.25) is 4.79 Å². The lowest BCUT2D eigenvalue weighted by Gasteiger charge is -2.26. The van der Waals surface area contributed by atoms with Gasteiger partial charge in [-0.2, -0.15) is 0 Å². The molecule has 1 aromatic heterocycles. The van der Waals surface area contributed by atoms with Gasteiger partial charge in [-0.15, -0.1) is 5.10 Å². The van der Waals surface area contributed by atoms with E-state index in [1.165, 1.54) is 6.42 Å². The van der Waals surface area contributed by atoms with Crippen molar-refractivity contribution in [2.45, 2.75) is 31.8 Å². The van der Waals surface area contributed by atoms with E-state index in [2.05, 4.69) is 10.3 Å². The molecule has 0 aliphatic heterocycles. The molecule has 2 aromatic rings. The first-order valence-electron chi connectivity index (χ1n) is 6.66. The third kappa shape index (κ3) is 2.08. The molecular formula is C14H16N4O2. The Bertz CT molecular complexity index is 629. The first kappa shape index (κ1) is 12.8. The lowest BCUT2D eigenvalue weighted by atomic mass is 9.82. The lowest BCUT2D eigenvalue weighted by molar-refractivity contribution is 0.100. The van der Waals surface area contributed by atoms with Crippen molar-refractivity contribution in [1.82, 2.24) is 15.0 Å². The maximum absolute atomic E-state index is 11.1. The van der Waals surface area contributed by atoms with Crippen molar-refractivity contribution in [2.75, 3.05) is 0 Å². The summed E-state index contributed by atoms with van der Waals surface area (Å²) in [6, 6.07) is 6.92. The Kier molecular flexibility index (Phi) is 3.23. The molecule has 0 radical (unpaired) electrons. The zero-order valence-electron chi connectivity index (χ0n) is 11.0. The normalized spacial score (nSPS) is 15.1. The van der Waals surface area contributed by atoms with Crippen molar-refractivity contribution >= 4 is 5.91 Å². The number of aliphatic hydroxyl groups is 1. The number of benzene rings is 1. The van der Waals surface area contributed by atoms with Crippen LogP contribution in [0.3, 0.4) is 0 Å². The predicted octanol–water partition coefficient (Wildman–Crippen LogP) is 1.13. The van der Waals surface area contributed by atoms with Crippen LogP contribution in [0.5, 0.6) is 0 Å². The smallest absolute Gasteiger partial charge is 0.248 e. The van der Waals surface area contributed by atoms with Gasteiger partial charge in [0.25, 0.3) is 0 Å². The minimum atomic E-state index is -0.453. The summed E-state index contributed by atoms with van der Waals surface area (Å²) in [6.45, 7) is -0.106. The zero-order chi connectivity index (χ0) is 14.1. The second-order valence-electron chi connectivity index (χ2n) is 5.03. The minimum Gasteiger partial charge on any atom is -0.390 e. The quantitative estimate of drug-likeness (QED) is 0.872. The fourth-order valence-corrected chi connectivity index (χ4v) is 2.48. The molecule has 104 valence electrons. The molecule has 1 saturated carbocycles. The molecular weight excluding hydrogens is 256 g/mol. The van der Waals surface area contributed by atoms with Crippen LogP contribution < -0.4 is 5.73 Å². The number of hydrogen-bond acceptors (Lipinski definition) is 4. The molecule has 1 aliphatic carbocycles. The number of aromatic nitrogens is 3. The summed E-state index contributed by atoms with van der Waals surface area (Å²) >= 11 is 0. The third-order valence-electron chi connectivity index (χ3n) is 3.82. The number of carbonyl (C=O) groups excluding carboxylic acids is 1. The van der Waals surface area contributed by atoms with E-state index in [-0.39, 0.29) is 6.61 Å². The fourth-order valence-electron chi connectivity index (χ4n) is 2.48. The average Bonchev–Trinajstić information content (AvgIpc) is 2.80. The molecule has 0 unspecified atom stereocenters. The van der Waals surface area contributed by atoms with Gasteiger partial charge in [0.05, 0.1) is 18.0 Å². The molecule has 0 bridgehead atoms. The summed E-state index contributed by atoms with van der Waals surface area (Å²) < 4.78 is 1.75. The van der Waals surface area contributed by atoms with Gasteiger partial charge < -0.3 is 10.8 Å². The summed E-state index contributed by atoms with van der Waals surface area (Å²) in [5.74, 6) is -0.0478. The van der Waals surface area contributed by atoms with Crippen molar-refractivity contribution < 1.29 is 9.90 Å². The van der Waals surface area contributed by atoms with Crippen LogP contribution in [0.15, 0.2) is 24.3 Å². The zero-order valence-corrected chi connectivity index (χ0v) is 11.0. The Morgan fingerprint density at radius 3 is 2.55 bits per heavy atom. The molecule has 0 spiro atoms. The van der Waals surface area contributed by atoms with Crippen LogP contribution in [0, 0.1) is 0 Å². The van der Waals surface area contributed by atoms with Crippen LogP contribution in [0.2, 0.25) is 0 Å². The monoisotopic (exact) mass is 272 g/mol. The summed E-state index contributed by atoms with van der Waals surface area (Å²) in [5.41, 5.74) is 8.12. The van der Waals surface area contributed by atoms with Crippen LogP contribution in [0.4, 0.5) is 0 Å². The Hall–Kier alpha value is -2.21. The van der Waals surface area contributed by atoms with E-state index < -0.39 is 5.91 Å². The van der Waals surface area contributed by atoms with Crippen LogP contribution in [0.1, 0.15) is 46.9 Å². The first-order chi connectivity index (χ1) is 9.70. The van der Waals surface area contributed by atoms with Crippen LogP contribution >= 0.6 is 0 Å². The molecule has 0 atom stereocenters. The minimum absolute atomic E-state index is 0.106. The largest absolute Gasteiger partial charge is 0.390 e. The number of amides is 1. The van der Waals surface area contributed by atoms with Gasteiger partial charge in [0.15, 0.2) is 0 Å². The van der Waals surface area contributed by atoms with Crippen molar-refractivity contribution in [2.24, 2.45) is 5.73 Å². The standard InChI is InChI=1S/C14H16N4O2/c15-14(20)10-4-6-11(7-5-10)18-13(9-2-1-3-9)12(8-19)16-17-18/h4-7,9,19H,1-3,8H2,(H2,15,20). The number of nitrogens with zero attached hydrogens (tertiary/aromatic N) is 3. The van der Waals surface area contributed by atoms with E-state index in [9.17, 15) is 9.90 Å². The molecule has 1 amide bonds. The number of hydrogen-bond donors (Lipinski definition) is 2. The Balaban J connectivity index is 2.00. The molecule has 1 heterocycles. The van der Waals surface area contributed by atoms with E-state index in [1.807, 2.05) is 0 Å². The molecule has 1 aromatic carbocycles. The summed E-state index contributed by atoms with van der Waals surface area (Å²) in [4.78, 5) is 11.1. The van der Waals surface area contributed by atoms with Gasteiger partial charge in [-0.1, -0.05) is 11.6 Å². The van der Waals surface area contributed by atoms with Gasteiger partial charge in [-0.05, 0) is 37.1 Å². The van der Waals surface area contributed by atoms with Crippen molar-refractivity contribution in [1.29, 1.82) is 0 Å². The van der Waals surface area contributed by atoms with Crippen molar-refractivity contribution in [3.05, 3.63) is 41.2 Å². The molecule has 1 aliphatic rings. The van der Waals surface area contributed by atoms with Gasteiger partial charge in [0, 0.05) is 11.5 Å². The number of rotatable bonds is 4. The van der Waals surface area contributed by atoms with Crippen molar-refractivity contribution in [3.63, 3.8) is 0 Å². The highest BCUT2D eigenvalue weighted by Crippen LogP contribution is 2.38. The number of nitrogens with two attached hydrogens (primary N) is 1. The van der Waals surface area contributed by atoms with E-state index in [0.29, 0.717) is 17.2 Å². The SMILES string of the molecule is NC(=O)c1ccc(-n2nnc(CO)c2C2CCC2)cc1. The molecule has 0 saturated heterocycles. The molecule has 3 rings (SSSR count). The topological polar surface area (TPSA) is 94.0 Å². The summed E-state index contributed by atoms with van der Waals surface area (Å²) in [6.07, 6.45) is 3.39. The third-order valence-corrected chi connectivity index (χ3v) is 3.82. The van der Waals surface area contributed by atoms with Crippen LogP contribution in [0.25, 0.3) is 5.69 Å². The van der Waals surface area contributed by atoms with Crippen LogP contribution in [-0.4, -0.2) is 26.0 Å². The molecule has 20 heavy (non-hydrogen) atoms. The highest BCUT2D eigenvalue weighted by atomic mass is 16.3. The molecule has 3 N–H and O–H groups in total. The van der Waals surface area contributed by atoms with E-state index in [1.54, 1.807) is 28.9 Å². The summed E-state index contributed by atoms with van der Waals surface area (Å²) in [7, 11) is 0. The highest BCUT2D eigenvalue weighted by molar-refractivity contribution is 5.92. The van der Waals surface area contributed by atoms with Gasteiger partial charge in [-0.25, -0.2) is 4.68 Å². The second kappa shape index (κ2) is 5.05. The van der Waals surface area contributed by atoms with Crippen LogP contribution in [-0.2, 0) is 6.61 Å². The maximum atomic E-state index is 11.1. The molecule has 6 nitrogen and oxygen atoms in total. The Morgan fingerprint density at radius 1 is 1.35 bits per heavy atom. The number of carbonyl (C=O) groups is 1. The van der Waals surface area contributed by atoms with Gasteiger partial charge >= 0.3 is 0 Å². The molecule has 6 heteroatoms. The second-order valence-corrected chi connectivity index (χ2v) is 5.03. The maximum Gasteiger partial charge on any atom is 0.248 e. The summed E-state index contributed by atoms with van der Waals surface area (Å²) in [5, 5.41) is 17.6. The Morgan fingerprint density at radius 2 is 2.05 bits per heavy atom.